The molecular weight excluding hydrogens is 220 g/mol. The topological polar surface area (TPSA) is 69.6 Å². The van der Waals surface area contributed by atoms with Gasteiger partial charge in [-0.3, -0.25) is 4.79 Å². The molecule has 0 radical (unpaired) electrons. The van der Waals surface area contributed by atoms with Gasteiger partial charge in [-0.05, 0) is 26.2 Å². The summed E-state index contributed by atoms with van der Waals surface area (Å²) in [5, 5.41) is 11.4. The lowest BCUT2D eigenvalue weighted by Gasteiger charge is -2.27. The monoisotopic (exact) mass is 244 g/mol. The molecule has 0 aromatic heterocycles. The molecule has 0 rings (SSSR count). The summed E-state index contributed by atoms with van der Waals surface area (Å²) in [6.07, 6.45) is 0.587. The van der Waals surface area contributed by atoms with E-state index in [-0.39, 0.29) is 18.5 Å². The van der Waals surface area contributed by atoms with E-state index in [1.807, 2.05) is 27.7 Å². The summed E-state index contributed by atoms with van der Waals surface area (Å²) < 4.78 is 0. The minimum Gasteiger partial charge on any atom is -0.481 e. The molecular formula is C12H24N2O3. The normalized spacial score (nSPS) is 10.7. The Kier molecular flexibility index (Phi) is 7.34. The van der Waals surface area contributed by atoms with Gasteiger partial charge in [-0.2, -0.15) is 0 Å². The number of amides is 2. The third kappa shape index (κ3) is 7.60. The van der Waals surface area contributed by atoms with Crippen LogP contribution in [0.25, 0.3) is 0 Å². The number of carboxylic acids is 1. The number of carbonyl (C=O) groups is 2. The summed E-state index contributed by atoms with van der Waals surface area (Å²) >= 11 is 0. The van der Waals surface area contributed by atoms with Crippen molar-refractivity contribution in [2.75, 3.05) is 13.1 Å². The highest BCUT2D eigenvalue weighted by Crippen LogP contribution is 2.03. The minimum atomic E-state index is -0.823. The summed E-state index contributed by atoms with van der Waals surface area (Å²) in [5.74, 6) is -0.414. The van der Waals surface area contributed by atoms with Gasteiger partial charge in [0.2, 0.25) is 0 Å². The second-order valence-corrected chi connectivity index (χ2v) is 4.86. The fraction of sp³-hybridized carbons (Fsp3) is 0.833. The van der Waals surface area contributed by atoms with Crippen LogP contribution in [0.1, 0.15) is 40.5 Å². The van der Waals surface area contributed by atoms with Gasteiger partial charge in [0.25, 0.3) is 0 Å². The van der Waals surface area contributed by atoms with Gasteiger partial charge in [0, 0.05) is 25.6 Å². The molecule has 0 heterocycles. The fourth-order valence-electron chi connectivity index (χ4n) is 1.39. The Morgan fingerprint density at radius 2 is 1.82 bits per heavy atom. The molecule has 0 spiro atoms. The molecule has 0 aromatic rings. The van der Waals surface area contributed by atoms with Gasteiger partial charge >= 0.3 is 12.0 Å². The predicted molar refractivity (Wildman–Crippen MR) is 66.9 cm³/mol. The maximum absolute atomic E-state index is 11.8. The molecule has 100 valence electrons. The second-order valence-electron chi connectivity index (χ2n) is 4.86. The Morgan fingerprint density at radius 3 is 2.24 bits per heavy atom. The highest BCUT2D eigenvalue weighted by molar-refractivity contribution is 5.74. The van der Waals surface area contributed by atoms with Gasteiger partial charge in [0.05, 0.1) is 0 Å². The van der Waals surface area contributed by atoms with Crippen molar-refractivity contribution in [3.63, 3.8) is 0 Å². The Morgan fingerprint density at radius 1 is 1.24 bits per heavy atom. The van der Waals surface area contributed by atoms with Crippen LogP contribution in [0.4, 0.5) is 4.79 Å². The van der Waals surface area contributed by atoms with Crippen LogP contribution in [0.15, 0.2) is 0 Å². The lowest BCUT2D eigenvalue weighted by Crippen LogP contribution is -2.45. The summed E-state index contributed by atoms with van der Waals surface area (Å²) in [6.45, 7) is 9.04. The third-order valence-electron chi connectivity index (χ3n) is 2.34. The molecule has 5 nitrogen and oxygen atoms in total. The highest BCUT2D eigenvalue weighted by Gasteiger charge is 2.16. The number of hydrogen-bond acceptors (Lipinski definition) is 2. The number of hydrogen-bond donors (Lipinski definition) is 2. The first-order chi connectivity index (χ1) is 7.84. The quantitative estimate of drug-likeness (QED) is 0.719. The number of aliphatic carboxylic acids is 1. The van der Waals surface area contributed by atoms with Crippen molar-refractivity contribution in [3.8, 4) is 0 Å². The molecule has 0 unspecified atom stereocenters. The van der Waals surface area contributed by atoms with E-state index in [1.54, 1.807) is 4.90 Å². The van der Waals surface area contributed by atoms with E-state index in [4.69, 9.17) is 5.11 Å². The van der Waals surface area contributed by atoms with Gasteiger partial charge in [-0.15, -0.1) is 0 Å². The largest absolute Gasteiger partial charge is 0.481 e. The molecule has 0 saturated heterocycles. The van der Waals surface area contributed by atoms with Crippen LogP contribution in [0.2, 0.25) is 0 Å². The first kappa shape index (κ1) is 15.7. The van der Waals surface area contributed by atoms with Crippen LogP contribution >= 0.6 is 0 Å². The molecule has 0 fully saturated rings. The molecule has 17 heavy (non-hydrogen) atoms. The summed E-state index contributed by atoms with van der Waals surface area (Å²) in [6, 6.07) is -0.0324. The van der Waals surface area contributed by atoms with Gasteiger partial charge < -0.3 is 15.3 Å². The molecule has 2 amide bonds. The maximum Gasteiger partial charge on any atom is 0.317 e. The predicted octanol–water partition coefficient (Wildman–Crippen LogP) is 1.93. The van der Waals surface area contributed by atoms with E-state index in [0.717, 1.165) is 0 Å². The van der Waals surface area contributed by atoms with E-state index >= 15 is 0 Å². The van der Waals surface area contributed by atoms with Gasteiger partial charge in [-0.1, -0.05) is 13.8 Å². The SMILES string of the molecule is CC(C)CNC(=O)N(CCCC(=O)O)C(C)C. The maximum atomic E-state index is 11.8. The Bertz CT molecular complexity index is 252. The van der Waals surface area contributed by atoms with Crippen LogP contribution in [-0.4, -0.2) is 41.1 Å². The Labute approximate surface area is 103 Å². The molecule has 0 saturated carbocycles. The molecule has 0 aliphatic rings. The first-order valence-electron chi connectivity index (χ1n) is 6.10. The van der Waals surface area contributed by atoms with Crippen LogP contribution in [0.3, 0.4) is 0 Å². The molecule has 0 aromatic carbocycles. The van der Waals surface area contributed by atoms with E-state index in [1.165, 1.54) is 0 Å². The molecule has 0 atom stereocenters. The molecule has 0 aliphatic carbocycles. The summed E-state index contributed by atoms with van der Waals surface area (Å²) in [4.78, 5) is 23.9. The zero-order valence-electron chi connectivity index (χ0n) is 11.2. The zero-order chi connectivity index (χ0) is 13.4. The van der Waals surface area contributed by atoms with Crippen molar-refractivity contribution >= 4 is 12.0 Å². The van der Waals surface area contributed by atoms with Crippen molar-refractivity contribution in [3.05, 3.63) is 0 Å². The van der Waals surface area contributed by atoms with Crippen molar-refractivity contribution in [2.24, 2.45) is 5.92 Å². The number of nitrogens with one attached hydrogen (secondary N) is 1. The average molecular weight is 244 g/mol. The fourth-order valence-corrected chi connectivity index (χ4v) is 1.39. The smallest absolute Gasteiger partial charge is 0.317 e. The molecule has 5 heteroatoms. The van der Waals surface area contributed by atoms with Gasteiger partial charge in [0.1, 0.15) is 0 Å². The number of urea groups is 1. The van der Waals surface area contributed by atoms with Crippen molar-refractivity contribution in [1.29, 1.82) is 0 Å². The standard InChI is InChI=1S/C12H24N2O3/c1-9(2)8-13-12(17)14(10(3)4)7-5-6-11(15)16/h9-10H,5-8H2,1-4H3,(H,13,17)(H,15,16). The highest BCUT2D eigenvalue weighted by atomic mass is 16.4. The lowest BCUT2D eigenvalue weighted by atomic mass is 10.2. The number of carbonyl (C=O) groups excluding carboxylic acids is 1. The van der Waals surface area contributed by atoms with E-state index in [9.17, 15) is 9.59 Å². The average Bonchev–Trinajstić information content (AvgIpc) is 2.20. The molecule has 0 aliphatic heterocycles. The van der Waals surface area contributed by atoms with Crippen LogP contribution < -0.4 is 5.32 Å². The molecule has 2 N–H and O–H groups in total. The summed E-state index contributed by atoms with van der Waals surface area (Å²) in [5.41, 5.74) is 0. The van der Waals surface area contributed by atoms with Crippen molar-refractivity contribution < 1.29 is 14.7 Å². The van der Waals surface area contributed by atoms with Gasteiger partial charge in [-0.25, -0.2) is 4.79 Å². The second kappa shape index (κ2) is 7.92. The zero-order valence-corrected chi connectivity index (χ0v) is 11.2. The molecule has 0 bridgehead atoms. The van der Waals surface area contributed by atoms with E-state index < -0.39 is 5.97 Å². The Hall–Kier alpha value is -1.26. The third-order valence-corrected chi connectivity index (χ3v) is 2.34. The van der Waals surface area contributed by atoms with Crippen molar-refractivity contribution in [2.45, 2.75) is 46.6 Å². The van der Waals surface area contributed by atoms with Crippen LogP contribution in [-0.2, 0) is 4.79 Å². The Balaban J connectivity index is 4.12. The minimum absolute atomic E-state index is 0.0796. The van der Waals surface area contributed by atoms with Gasteiger partial charge in [0.15, 0.2) is 0 Å². The first-order valence-corrected chi connectivity index (χ1v) is 6.10. The van der Waals surface area contributed by atoms with Crippen LogP contribution in [0.5, 0.6) is 0 Å². The van der Waals surface area contributed by atoms with E-state index in [0.29, 0.717) is 25.4 Å². The number of rotatable bonds is 7. The lowest BCUT2D eigenvalue weighted by molar-refractivity contribution is -0.137. The number of nitrogens with zero attached hydrogens (tertiary/aromatic N) is 1. The van der Waals surface area contributed by atoms with E-state index in [2.05, 4.69) is 5.32 Å². The summed E-state index contributed by atoms with van der Waals surface area (Å²) in [7, 11) is 0. The van der Waals surface area contributed by atoms with Crippen molar-refractivity contribution in [1.82, 2.24) is 10.2 Å². The number of carboxylic acid groups (broad SMARTS) is 1. The van der Waals surface area contributed by atoms with Crippen LogP contribution in [0, 0.1) is 5.92 Å².